The molecule has 5 rings (SSSR count). The maximum atomic E-state index is 12.3. The number of fused-ring (bicyclic) bond motifs is 2. The van der Waals surface area contributed by atoms with E-state index in [1.165, 1.54) is 23.3 Å². The Kier molecular flexibility index (Phi) is 3.00. The Morgan fingerprint density at radius 3 is 3.00 bits per heavy atom. The highest BCUT2D eigenvalue weighted by Gasteiger charge is 2.43. The first-order chi connectivity index (χ1) is 11.3. The van der Waals surface area contributed by atoms with Crippen LogP contribution in [0.3, 0.4) is 0 Å². The zero-order valence-electron chi connectivity index (χ0n) is 12.8. The minimum Gasteiger partial charge on any atom is -0.408 e. The fourth-order valence-electron chi connectivity index (χ4n) is 4.04. The van der Waals surface area contributed by atoms with E-state index >= 15 is 0 Å². The molecule has 1 N–H and O–H groups in total. The molecule has 4 nitrogen and oxygen atoms in total. The summed E-state index contributed by atoms with van der Waals surface area (Å²) in [6.45, 7) is 1.80. The first-order valence-electron chi connectivity index (χ1n) is 8.30. The molecule has 0 bridgehead atoms. The second kappa shape index (κ2) is 5.08. The van der Waals surface area contributed by atoms with Crippen molar-refractivity contribution >= 4 is 22.4 Å². The van der Waals surface area contributed by atoms with Gasteiger partial charge in [-0.25, -0.2) is 9.36 Å². The minimum atomic E-state index is -0.232. The summed E-state index contributed by atoms with van der Waals surface area (Å²) in [5, 5.41) is 2.22. The number of hydrogen-bond donors (Lipinski definition) is 1. The highest BCUT2D eigenvalue weighted by atomic mass is 32.1. The van der Waals surface area contributed by atoms with Crippen LogP contribution in [0.4, 0.5) is 0 Å². The fraction of sp³-hybridized carbons (Fsp3) is 0.389. The zero-order valence-corrected chi connectivity index (χ0v) is 13.6. The van der Waals surface area contributed by atoms with Crippen LogP contribution in [0, 0.1) is 5.92 Å². The highest BCUT2D eigenvalue weighted by Crippen LogP contribution is 2.42. The molecular formula is C18H19N2O2S+. The summed E-state index contributed by atoms with van der Waals surface area (Å²) in [5.41, 5.74) is 3.13. The van der Waals surface area contributed by atoms with Crippen molar-refractivity contribution in [1.29, 1.82) is 0 Å². The van der Waals surface area contributed by atoms with Crippen molar-refractivity contribution in [3.63, 3.8) is 0 Å². The molecule has 0 radical (unpaired) electrons. The molecule has 3 heterocycles. The average molecular weight is 327 g/mol. The summed E-state index contributed by atoms with van der Waals surface area (Å²) in [7, 11) is 0. The number of hydrogen-bond acceptors (Lipinski definition) is 3. The topological polar surface area (TPSA) is 39.6 Å². The average Bonchev–Trinajstić information content (AvgIpc) is 3.20. The first kappa shape index (κ1) is 13.6. The van der Waals surface area contributed by atoms with Crippen molar-refractivity contribution < 1.29 is 9.32 Å². The Morgan fingerprint density at radius 1 is 1.26 bits per heavy atom. The largest absolute Gasteiger partial charge is 0.424 e. The third-order valence-electron chi connectivity index (χ3n) is 5.26. The van der Waals surface area contributed by atoms with Crippen LogP contribution in [0.2, 0.25) is 0 Å². The van der Waals surface area contributed by atoms with Crippen LogP contribution in [0.15, 0.2) is 44.9 Å². The molecule has 1 aliphatic carbocycles. The molecule has 2 aromatic heterocycles. The fourth-order valence-corrected chi connectivity index (χ4v) is 4.97. The Bertz CT molecular complexity index is 918. The maximum absolute atomic E-state index is 12.3. The molecule has 2 aliphatic rings. The van der Waals surface area contributed by atoms with Gasteiger partial charge in [0, 0.05) is 22.8 Å². The van der Waals surface area contributed by atoms with Crippen molar-refractivity contribution in [2.75, 3.05) is 6.54 Å². The lowest BCUT2D eigenvalue weighted by Gasteiger charge is -2.32. The van der Waals surface area contributed by atoms with Crippen LogP contribution in [0.5, 0.6) is 0 Å². The van der Waals surface area contributed by atoms with Crippen molar-refractivity contribution in [2.24, 2.45) is 5.92 Å². The van der Waals surface area contributed by atoms with E-state index in [1.54, 1.807) is 4.88 Å². The van der Waals surface area contributed by atoms with E-state index in [9.17, 15) is 4.79 Å². The van der Waals surface area contributed by atoms with Crippen LogP contribution in [0.1, 0.15) is 29.3 Å². The molecule has 5 heteroatoms. The van der Waals surface area contributed by atoms with Crippen LogP contribution in [-0.4, -0.2) is 11.1 Å². The number of para-hydroxylation sites is 2. The van der Waals surface area contributed by atoms with E-state index in [0.29, 0.717) is 18.3 Å². The maximum Gasteiger partial charge on any atom is 0.424 e. The molecule has 2 atom stereocenters. The molecule has 1 unspecified atom stereocenters. The van der Waals surface area contributed by atoms with Crippen molar-refractivity contribution in [2.45, 2.75) is 32.0 Å². The van der Waals surface area contributed by atoms with Crippen molar-refractivity contribution in [1.82, 2.24) is 4.57 Å². The van der Waals surface area contributed by atoms with Gasteiger partial charge in [0.2, 0.25) is 0 Å². The Hall–Kier alpha value is -1.85. The van der Waals surface area contributed by atoms with Gasteiger partial charge in [0.15, 0.2) is 12.3 Å². The van der Waals surface area contributed by atoms with Crippen LogP contribution < -0.4 is 10.7 Å². The van der Waals surface area contributed by atoms with Gasteiger partial charge in [-0.3, -0.25) is 0 Å². The molecule has 1 saturated carbocycles. The SMILES string of the molecule is O=c1oc2ccccc2n1C[NH+]1CCc2sccc2[C@@H]1C1CC1. The molecule has 118 valence electrons. The number of nitrogens with one attached hydrogen (secondary N) is 1. The lowest BCUT2D eigenvalue weighted by molar-refractivity contribution is -0.957. The lowest BCUT2D eigenvalue weighted by atomic mass is 9.96. The first-order valence-corrected chi connectivity index (χ1v) is 9.18. The van der Waals surface area contributed by atoms with E-state index in [0.717, 1.165) is 24.4 Å². The number of oxazole rings is 1. The van der Waals surface area contributed by atoms with E-state index in [2.05, 4.69) is 11.4 Å². The van der Waals surface area contributed by atoms with E-state index in [4.69, 9.17) is 4.42 Å². The van der Waals surface area contributed by atoms with Gasteiger partial charge in [-0.15, -0.1) is 11.3 Å². The minimum absolute atomic E-state index is 0.232. The lowest BCUT2D eigenvalue weighted by Crippen LogP contribution is -3.13. The normalized spacial score (nSPS) is 24.0. The number of benzene rings is 1. The number of thiophene rings is 1. The van der Waals surface area contributed by atoms with Gasteiger partial charge in [-0.05, 0) is 36.4 Å². The van der Waals surface area contributed by atoms with Gasteiger partial charge in [-0.1, -0.05) is 12.1 Å². The Labute approximate surface area is 137 Å². The van der Waals surface area contributed by atoms with Crippen molar-refractivity contribution in [3.8, 4) is 0 Å². The van der Waals surface area contributed by atoms with Crippen LogP contribution >= 0.6 is 11.3 Å². The molecule has 0 amide bonds. The van der Waals surface area contributed by atoms with E-state index in [1.807, 2.05) is 40.2 Å². The van der Waals surface area contributed by atoms with Gasteiger partial charge in [-0.2, -0.15) is 0 Å². The molecule has 1 aliphatic heterocycles. The highest BCUT2D eigenvalue weighted by molar-refractivity contribution is 7.10. The second-order valence-electron chi connectivity index (χ2n) is 6.69. The molecule has 23 heavy (non-hydrogen) atoms. The summed E-state index contributed by atoms with van der Waals surface area (Å²) in [5.74, 6) is 0.553. The molecule has 1 fully saturated rings. The van der Waals surface area contributed by atoms with Gasteiger partial charge in [0.1, 0.15) is 6.04 Å². The second-order valence-corrected chi connectivity index (χ2v) is 7.69. The number of aromatic nitrogens is 1. The van der Waals surface area contributed by atoms with Gasteiger partial charge >= 0.3 is 5.76 Å². The third-order valence-corrected chi connectivity index (χ3v) is 6.25. The standard InChI is InChI=1S/C18H18N2O2S/c21-18-20(14-3-1-2-4-15(14)22-18)11-19-9-7-16-13(8-10-23-16)17(19)12-5-6-12/h1-4,8,10,12,17H,5-7,9,11H2/p+1/t17-/m0/s1. The number of rotatable bonds is 3. The smallest absolute Gasteiger partial charge is 0.408 e. The molecule has 3 aromatic rings. The third kappa shape index (κ3) is 2.18. The van der Waals surface area contributed by atoms with Gasteiger partial charge in [0.25, 0.3) is 0 Å². The molecule has 0 saturated heterocycles. The molecule has 1 aromatic carbocycles. The number of quaternary nitrogens is 1. The molecule has 0 spiro atoms. The Balaban J connectivity index is 1.54. The van der Waals surface area contributed by atoms with E-state index in [-0.39, 0.29) is 5.76 Å². The quantitative estimate of drug-likeness (QED) is 0.801. The summed E-state index contributed by atoms with van der Waals surface area (Å²) in [6.07, 6.45) is 3.77. The van der Waals surface area contributed by atoms with Crippen LogP contribution in [0.25, 0.3) is 11.1 Å². The molecular weight excluding hydrogens is 308 g/mol. The predicted molar refractivity (Wildman–Crippen MR) is 89.8 cm³/mol. The number of nitrogens with zero attached hydrogens (tertiary/aromatic N) is 1. The monoisotopic (exact) mass is 327 g/mol. The van der Waals surface area contributed by atoms with Crippen molar-refractivity contribution in [3.05, 3.63) is 56.7 Å². The van der Waals surface area contributed by atoms with E-state index < -0.39 is 0 Å². The van der Waals surface area contributed by atoms with Crippen LogP contribution in [-0.2, 0) is 13.1 Å². The Morgan fingerprint density at radius 2 is 2.13 bits per heavy atom. The van der Waals surface area contributed by atoms with Gasteiger partial charge in [0.05, 0.1) is 12.1 Å². The summed E-state index contributed by atoms with van der Waals surface area (Å²) in [4.78, 5) is 15.3. The van der Waals surface area contributed by atoms with Gasteiger partial charge < -0.3 is 9.32 Å². The summed E-state index contributed by atoms with van der Waals surface area (Å²) in [6, 6.07) is 10.6. The zero-order chi connectivity index (χ0) is 15.4. The summed E-state index contributed by atoms with van der Waals surface area (Å²) >= 11 is 1.89. The summed E-state index contributed by atoms with van der Waals surface area (Å²) < 4.78 is 7.22. The predicted octanol–water partition coefficient (Wildman–Crippen LogP) is 2.21.